The monoisotopic (exact) mass is 212 g/mol. The van der Waals surface area contributed by atoms with Crippen molar-refractivity contribution in [3.8, 4) is 0 Å². The lowest BCUT2D eigenvalue weighted by Crippen LogP contribution is -2.32. The molecule has 2 heterocycles. The zero-order valence-corrected chi connectivity index (χ0v) is 8.65. The molecule has 0 amide bonds. The summed E-state index contributed by atoms with van der Waals surface area (Å²) in [5, 5.41) is 12.1. The van der Waals surface area contributed by atoms with Crippen molar-refractivity contribution in [2.45, 2.75) is 19.5 Å². The molecule has 1 aliphatic heterocycles. The topological polar surface area (TPSA) is 75.3 Å². The van der Waals surface area contributed by atoms with E-state index in [1.807, 2.05) is 6.92 Å². The Morgan fingerprint density at radius 2 is 2.43 bits per heavy atom. The summed E-state index contributed by atoms with van der Waals surface area (Å²) >= 11 is 1.33. The van der Waals surface area contributed by atoms with Gasteiger partial charge in [-0.05, 0) is 18.1 Å². The van der Waals surface area contributed by atoms with Gasteiger partial charge in [-0.2, -0.15) is 0 Å². The molecule has 1 aromatic heterocycles. The highest BCUT2D eigenvalue weighted by Gasteiger charge is 2.25. The van der Waals surface area contributed by atoms with Gasteiger partial charge in [-0.15, -0.1) is 11.3 Å². The molecular formula is C9H12N2O2S. The van der Waals surface area contributed by atoms with Gasteiger partial charge < -0.3 is 16.2 Å². The van der Waals surface area contributed by atoms with Crippen LogP contribution in [0.5, 0.6) is 0 Å². The molecule has 76 valence electrons. The molecule has 1 atom stereocenters. The highest BCUT2D eigenvalue weighted by Crippen LogP contribution is 2.33. The lowest BCUT2D eigenvalue weighted by molar-refractivity contribution is 0.0701. The van der Waals surface area contributed by atoms with Crippen molar-refractivity contribution >= 4 is 17.3 Å². The van der Waals surface area contributed by atoms with Crippen molar-refractivity contribution < 1.29 is 9.90 Å². The summed E-state index contributed by atoms with van der Waals surface area (Å²) in [6.45, 7) is 3.30. The Kier molecular flexibility index (Phi) is 2.30. The van der Waals surface area contributed by atoms with E-state index in [1.54, 1.807) is 0 Å². The number of carbonyl (C=O) groups is 1. The summed E-state index contributed by atoms with van der Waals surface area (Å²) in [6, 6.07) is -0.0666. The normalized spacial score (nSPS) is 20.6. The highest BCUT2D eigenvalue weighted by atomic mass is 32.1. The minimum atomic E-state index is -0.853. The maximum absolute atomic E-state index is 10.9. The van der Waals surface area contributed by atoms with E-state index in [0.717, 1.165) is 29.1 Å². The van der Waals surface area contributed by atoms with E-state index in [4.69, 9.17) is 10.8 Å². The van der Waals surface area contributed by atoms with Crippen LogP contribution in [0.4, 0.5) is 0 Å². The number of hydrogen-bond acceptors (Lipinski definition) is 4. The Hall–Kier alpha value is -0.910. The molecule has 0 radical (unpaired) electrons. The van der Waals surface area contributed by atoms with Gasteiger partial charge >= 0.3 is 5.97 Å². The summed E-state index contributed by atoms with van der Waals surface area (Å²) < 4.78 is 0. The van der Waals surface area contributed by atoms with Gasteiger partial charge in [0.05, 0.1) is 0 Å². The van der Waals surface area contributed by atoms with Crippen LogP contribution in [0.15, 0.2) is 0 Å². The molecule has 0 saturated heterocycles. The Bertz CT molecular complexity index is 386. The van der Waals surface area contributed by atoms with Crippen LogP contribution >= 0.6 is 11.3 Å². The molecule has 4 nitrogen and oxygen atoms in total. The van der Waals surface area contributed by atoms with E-state index >= 15 is 0 Å². The molecule has 1 aromatic rings. The number of fused-ring (bicyclic) bond motifs is 1. The molecule has 1 unspecified atom stereocenters. The molecule has 0 saturated carbocycles. The lowest BCUT2D eigenvalue weighted by Gasteiger charge is -2.20. The molecule has 0 aliphatic carbocycles. The van der Waals surface area contributed by atoms with Crippen molar-refractivity contribution in [2.75, 3.05) is 6.54 Å². The summed E-state index contributed by atoms with van der Waals surface area (Å²) in [5.74, 6) is -0.853. The number of aromatic carboxylic acids is 1. The minimum Gasteiger partial charge on any atom is -0.477 e. The number of nitrogens with two attached hydrogens (primary N) is 1. The molecule has 0 spiro atoms. The molecule has 1 aliphatic rings. The second-order valence-electron chi connectivity index (χ2n) is 3.44. The fourth-order valence-corrected chi connectivity index (χ4v) is 3.04. The van der Waals surface area contributed by atoms with E-state index in [-0.39, 0.29) is 6.04 Å². The van der Waals surface area contributed by atoms with Gasteiger partial charge in [0.15, 0.2) is 0 Å². The quantitative estimate of drug-likeness (QED) is 0.645. The zero-order valence-electron chi connectivity index (χ0n) is 7.83. The van der Waals surface area contributed by atoms with Gasteiger partial charge in [0.1, 0.15) is 4.88 Å². The third-order valence-corrected chi connectivity index (χ3v) is 3.78. The van der Waals surface area contributed by atoms with E-state index in [1.165, 1.54) is 11.3 Å². The first-order chi connectivity index (χ1) is 6.61. The second kappa shape index (κ2) is 3.34. The third kappa shape index (κ3) is 1.33. The number of carboxylic acid groups (broad SMARTS) is 1. The average molecular weight is 212 g/mol. The van der Waals surface area contributed by atoms with Crippen molar-refractivity contribution in [1.82, 2.24) is 5.32 Å². The maximum Gasteiger partial charge on any atom is 0.346 e. The highest BCUT2D eigenvalue weighted by molar-refractivity contribution is 7.14. The molecule has 14 heavy (non-hydrogen) atoms. The molecule has 2 rings (SSSR count). The van der Waals surface area contributed by atoms with E-state index in [9.17, 15) is 4.79 Å². The summed E-state index contributed by atoms with van der Waals surface area (Å²) in [5.41, 5.74) is 7.78. The smallest absolute Gasteiger partial charge is 0.346 e. The zero-order chi connectivity index (χ0) is 10.3. The van der Waals surface area contributed by atoms with Crippen LogP contribution in [0.3, 0.4) is 0 Å². The van der Waals surface area contributed by atoms with Gasteiger partial charge in [-0.3, -0.25) is 0 Å². The standard InChI is InChI=1S/C9H12N2O2S/c1-4-7-5(10)2-11-3-6(7)14-8(4)9(12)13/h5,11H,2-3,10H2,1H3,(H,12,13). The maximum atomic E-state index is 10.9. The van der Waals surface area contributed by atoms with Crippen LogP contribution in [0.25, 0.3) is 0 Å². The fourth-order valence-electron chi connectivity index (χ4n) is 1.85. The van der Waals surface area contributed by atoms with Crippen LogP contribution < -0.4 is 11.1 Å². The van der Waals surface area contributed by atoms with E-state index in [2.05, 4.69) is 5.32 Å². The first-order valence-electron chi connectivity index (χ1n) is 4.43. The van der Waals surface area contributed by atoms with Gasteiger partial charge in [0.25, 0.3) is 0 Å². The van der Waals surface area contributed by atoms with Gasteiger partial charge in [0, 0.05) is 24.0 Å². The summed E-state index contributed by atoms with van der Waals surface area (Å²) in [4.78, 5) is 12.4. The first kappa shape index (κ1) is 9.64. The second-order valence-corrected chi connectivity index (χ2v) is 4.54. The Morgan fingerprint density at radius 3 is 3.00 bits per heavy atom. The van der Waals surface area contributed by atoms with E-state index in [0.29, 0.717) is 4.88 Å². The first-order valence-corrected chi connectivity index (χ1v) is 5.24. The molecule has 5 heteroatoms. The lowest BCUT2D eigenvalue weighted by atomic mass is 10.00. The van der Waals surface area contributed by atoms with Crippen molar-refractivity contribution in [3.63, 3.8) is 0 Å². The molecule has 0 fully saturated rings. The average Bonchev–Trinajstić information content (AvgIpc) is 2.45. The molecule has 0 aromatic carbocycles. The number of nitrogens with one attached hydrogen (secondary N) is 1. The minimum absolute atomic E-state index is 0.0666. The number of carboxylic acids is 1. The van der Waals surface area contributed by atoms with Crippen LogP contribution in [0.2, 0.25) is 0 Å². The molecule has 0 bridgehead atoms. The molecular weight excluding hydrogens is 200 g/mol. The number of rotatable bonds is 1. The van der Waals surface area contributed by atoms with Crippen molar-refractivity contribution in [2.24, 2.45) is 5.73 Å². The fraction of sp³-hybridized carbons (Fsp3) is 0.444. The SMILES string of the molecule is Cc1c(C(=O)O)sc2c1C(N)CNC2. The van der Waals surface area contributed by atoms with Crippen LogP contribution in [0.1, 0.15) is 31.7 Å². The molecule has 4 N–H and O–H groups in total. The van der Waals surface area contributed by atoms with Crippen LogP contribution in [0, 0.1) is 6.92 Å². The van der Waals surface area contributed by atoms with Crippen LogP contribution in [-0.4, -0.2) is 17.6 Å². The van der Waals surface area contributed by atoms with E-state index < -0.39 is 5.97 Å². The van der Waals surface area contributed by atoms with Crippen LogP contribution in [-0.2, 0) is 6.54 Å². The summed E-state index contributed by atoms with van der Waals surface area (Å²) in [6.07, 6.45) is 0. The Morgan fingerprint density at radius 1 is 1.71 bits per heavy atom. The number of thiophene rings is 1. The Balaban J connectivity index is 2.55. The van der Waals surface area contributed by atoms with Crippen molar-refractivity contribution in [1.29, 1.82) is 0 Å². The predicted octanol–water partition coefficient (Wildman–Crippen LogP) is 0.858. The third-order valence-electron chi connectivity index (χ3n) is 2.49. The van der Waals surface area contributed by atoms with Gasteiger partial charge in [0.2, 0.25) is 0 Å². The van der Waals surface area contributed by atoms with Gasteiger partial charge in [-0.1, -0.05) is 0 Å². The Labute approximate surface area is 85.7 Å². The largest absolute Gasteiger partial charge is 0.477 e. The predicted molar refractivity (Wildman–Crippen MR) is 54.7 cm³/mol. The number of hydrogen-bond donors (Lipinski definition) is 3. The summed E-state index contributed by atoms with van der Waals surface area (Å²) in [7, 11) is 0. The van der Waals surface area contributed by atoms with Gasteiger partial charge in [-0.25, -0.2) is 4.79 Å². The van der Waals surface area contributed by atoms with Crippen molar-refractivity contribution in [3.05, 3.63) is 20.9 Å².